The van der Waals surface area contributed by atoms with Gasteiger partial charge in [0, 0.05) is 12.0 Å². The molecule has 2 amide bonds. The molecule has 0 aromatic heterocycles. The maximum Gasteiger partial charge on any atom is 0.251 e. The van der Waals surface area contributed by atoms with Gasteiger partial charge >= 0.3 is 0 Å². The minimum Gasteiger partial charge on any atom is -0.489 e. The fraction of sp³-hybridized carbons (Fsp3) is 0.222. The number of nitrogens with one attached hydrogen (secondary N) is 1. The van der Waals surface area contributed by atoms with Crippen LogP contribution in [0, 0.1) is 0 Å². The van der Waals surface area contributed by atoms with E-state index in [2.05, 4.69) is 10.3 Å². The minimum atomic E-state index is -0.895. The molecule has 3 aromatic carbocycles. The van der Waals surface area contributed by atoms with Gasteiger partial charge in [0.05, 0.1) is 23.2 Å². The zero-order valence-electron chi connectivity index (χ0n) is 19.5. The zero-order chi connectivity index (χ0) is 24.9. The first kappa shape index (κ1) is 24.3. The molecule has 1 aliphatic rings. The van der Waals surface area contributed by atoms with Crippen molar-refractivity contribution in [3.8, 4) is 11.5 Å². The molecule has 3 N–H and O–H groups in total. The van der Waals surface area contributed by atoms with Crippen LogP contribution in [0.2, 0.25) is 5.02 Å². The Balaban J connectivity index is 1.37. The highest BCUT2D eigenvalue weighted by Crippen LogP contribution is 2.28. The normalized spacial score (nSPS) is 13.1. The number of nitrogens with two attached hydrogens (primary N) is 1. The van der Waals surface area contributed by atoms with Gasteiger partial charge in [0.25, 0.3) is 5.91 Å². The minimum absolute atomic E-state index is 0.0503. The van der Waals surface area contributed by atoms with Crippen LogP contribution >= 0.6 is 11.6 Å². The average molecular weight is 492 g/mol. The number of benzene rings is 3. The molecule has 180 valence electrons. The molecule has 3 aromatic rings. The Hall–Kier alpha value is -3.84. The van der Waals surface area contributed by atoms with E-state index in [0.717, 1.165) is 16.8 Å². The third kappa shape index (κ3) is 6.19. The summed E-state index contributed by atoms with van der Waals surface area (Å²) < 4.78 is 11.5. The Morgan fingerprint density at radius 3 is 2.49 bits per heavy atom. The first-order valence-corrected chi connectivity index (χ1v) is 11.6. The second-order valence-electron chi connectivity index (χ2n) is 8.50. The molecule has 0 saturated heterocycles. The number of para-hydroxylation sites is 1. The first-order valence-electron chi connectivity index (χ1n) is 11.3. The lowest BCUT2D eigenvalue weighted by Gasteiger charge is -2.17. The molecule has 0 unspecified atom stereocenters. The standard InChI is InChI=1S/C27H26ClN3O4/c1-16(2)34-24-12-9-19(14-21(24)28)27(33)31-23(26(29)32)13-17-7-10-20(11-8-17)35-25-15-18-5-3-4-6-22(18)30-25/h3-12,14,16,23H,13,15H2,1-2H3,(H2,29,32)(H,31,33)/t23-/m0/s1. The molecular weight excluding hydrogens is 466 g/mol. The van der Waals surface area contributed by atoms with E-state index in [0.29, 0.717) is 34.4 Å². The average Bonchev–Trinajstić information content (AvgIpc) is 3.23. The van der Waals surface area contributed by atoms with Gasteiger partial charge in [0.2, 0.25) is 5.91 Å². The van der Waals surface area contributed by atoms with E-state index in [1.807, 2.05) is 50.2 Å². The molecule has 7 nitrogen and oxygen atoms in total. The second-order valence-corrected chi connectivity index (χ2v) is 8.91. The Kier molecular flexibility index (Phi) is 7.36. The van der Waals surface area contributed by atoms with Crippen LogP contribution in [0.4, 0.5) is 5.69 Å². The maximum absolute atomic E-state index is 12.7. The number of hydrogen-bond acceptors (Lipinski definition) is 5. The molecule has 0 saturated carbocycles. The molecule has 0 aliphatic carbocycles. The van der Waals surface area contributed by atoms with Crippen molar-refractivity contribution in [2.75, 3.05) is 0 Å². The summed E-state index contributed by atoms with van der Waals surface area (Å²) in [5.41, 5.74) is 8.73. The molecule has 0 spiro atoms. The van der Waals surface area contributed by atoms with Crippen molar-refractivity contribution in [2.24, 2.45) is 10.7 Å². The Labute approximate surface area is 208 Å². The van der Waals surface area contributed by atoms with Crippen LogP contribution < -0.4 is 20.5 Å². The number of ether oxygens (including phenoxy) is 2. The number of aliphatic imine (C=N–C) groups is 1. The predicted octanol–water partition coefficient (Wildman–Crippen LogP) is 4.62. The van der Waals surface area contributed by atoms with E-state index in [4.69, 9.17) is 26.8 Å². The predicted molar refractivity (Wildman–Crippen MR) is 136 cm³/mol. The number of hydrogen-bond donors (Lipinski definition) is 2. The Morgan fingerprint density at radius 1 is 1.09 bits per heavy atom. The van der Waals surface area contributed by atoms with Crippen LogP contribution in [0.15, 0.2) is 71.7 Å². The monoisotopic (exact) mass is 491 g/mol. The lowest BCUT2D eigenvalue weighted by atomic mass is 10.0. The number of amides is 2. The van der Waals surface area contributed by atoms with E-state index in [-0.39, 0.29) is 12.5 Å². The molecule has 35 heavy (non-hydrogen) atoms. The summed E-state index contributed by atoms with van der Waals surface area (Å²) >= 11 is 6.23. The van der Waals surface area contributed by atoms with Crippen LogP contribution in [0.3, 0.4) is 0 Å². The molecular formula is C27H26ClN3O4. The van der Waals surface area contributed by atoms with Gasteiger partial charge in [-0.2, -0.15) is 0 Å². The van der Waals surface area contributed by atoms with Crippen molar-refractivity contribution in [3.63, 3.8) is 0 Å². The van der Waals surface area contributed by atoms with Crippen molar-refractivity contribution in [1.29, 1.82) is 0 Å². The van der Waals surface area contributed by atoms with E-state index in [1.165, 1.54) is 6.07 Å². The van der Waals surface area contributed by atoms with Gasteiger partial charge < -0.3 is 20.5 Å². The van der Waals surface area contributed by atoms with Gasteiger partial charge in [-0.15, -0.1) is 0 Å². The van der Waals surface area contributed by atoms with Crippen LogP contribution in [0.5, 0.6) is 11.5 Å². The molecule has 1 aliphatic heterocycles. The van der Waals surface area contributed by atoms with Crippen molar-refractivity contribution in [1.82, 2.24) is 5.32 Å². The molecule has 1 atom stereocenters. The fourth-order valence-electron chi connectivity index (χ4n) is 3.69. The lowest BCUT2D eigenvalue weighted by Crippen LogP contribution is -2.45. The van der Waals surface area contributed by atoms with Gasteiger partial charge in [-0.3, -0.25) is 9.59 Å². The summed E-state index contributed by atoms with van der Waals surface area (Å²) in [6, 6.07) is 19.0. The summed E-state index contributed by atoms with van der Waals surface area (Å²) in [5, 5.41) is 3.00. The number of rotatable bonds is 8. The molecule has 4 rings (SSSR count). The summed E-state index contributed by atoms with van der Waals surface area (Å²) in [4.78, 5) is 29.3. The summed E-state index contributed by atoms with van der Waals surface area (Å²) in [7, 11) is 0. The molecule has 0 radical (unpaired) electrons. The smallest absolute Gasteiger partial charge is 0.251 e. The van der Waals surface area contributed by atoms with Crippen LogP contribution in [-0.4, -0.2) is 29.9 Å². The van der Waals surface area contributed by atoms with Gasteiger partial charge in [-0.1, -0.05) is 41.9 Å². The van der Waals surface area contributed by atoms with Crippen molar-refractivity contribution >= 4 is 35.0 Å². The lowest BCUT2D eigenvalue weighted by molar-refractivity contribution is -0.119. The highest BCUT2D eigenvalue weighted by molar-refractivity contribution is 6.32. The van der Waals surface area contributed by atoms with E-state index >= 15 is 0 Å². The van der Waals surface area contributed by atoms with Gasteiger partial charge in [0.15, 0.2) is 5.90 Å². The number of carbonyl (C=O) groups excluding carboxylic acids is 2. The highest BCUT2D eigenvalue weighted by atomic mass is 35.5. The number of fused-ring (bicyclic) bond motifs is 1. The van der Waals surface area contributed by atoms with Gasteiger partial charge in [-0.25, -0.2) is 4.99 Å². The summed E-state index contributed by atoms with van der Waals surface area (Å²) in [6.07, 6.45) is 0.823. The zero-order valence-corrected chi connectivity index (χ0v) is 20.2. The maximum atomic E-state index is 12.7. The fourth-order valence-corrected chi connectivity index (χ4v) is 3.91. The topological polar surface area (TPSA) is 103 Å². The largest absolute Gasteiger partial charge is 0.489 e. The summed E-state index contributed by atoms with van der Waals surface area (Å²) in [6.45, 7) is 3.77. The third-order valence-electron chi connectivity index (χ3n) is 5.38. The first-order chi connectivity index (χ1) is 16.8. The van der Waals surface area contributed by atoms with E-state index < -0.39 is 17.9 Å². The van der Waals surface area contributed by atoms with Crippen molar-refractivity contribution < 1.29 is 19.1 Å². The van der Waals surface area contributed by atoms with Crippen LogP contribution in [-0.2, 0) is 17.6 Å². The number of carbonyl (C=O) groups is 2. The third-order valence-corrected chi connectivity index (χ3v) is 5.68. The van der Waals surface area contributed by atoms with E-state index in [1.54, 1.807) is 24.3 Å². The second kappa shape index (κ2) is 10.6. The Morgan fingerprint density at radius 2 is 1.83 bits per heavy atom. The van der Waals surface area contributed by atoms with Crippen LogP contribution in [0.25, 0.3) is 0 Å². The van der Waals surface area contributed by atoms with E-state index in [9.17, 15) is 9.59 Å². The van der Waals surface area contributed by atoms with Gasteiger partial charge in [0.1, 0.15) is 17.5 Å². The van der Waals surface area contributed by atoms with Crippen LogP contribution in [0.1, 0.15) is 35.3 Å². The SMILES string of the molecule is CC(C)Oc1ccc(C(=O)N[C@@H](Cc2ccc(OC3=Nc4ccccc4C3)cc2)C(N)=O)cc1Cl. The highest BCUT2D eigenvalue weighted by Gasteiger charge is 2.21. The Bertz CT molecular complexity index is 1270. The number of halogens is 1. The summed E-state index contributed by atoms with van der Waals surface area (Å²) in [5.74, 6) is 0.663. The van der Waals surface area contributed by atoms with Crippen molar-refractivity contribution in [3.05, 3.63) is 88.4 Å². The molecule has 0 bridgehead atoms. The number of primary amides is 1. The number of nitrogens with zero attached hydrogens (tertiary/aromatic N) is 1. The molecule has 0 fully saturated rings. The van der Waals surface area contributed by atoms with Crippen molar-refractivity contribution in [2.45, 2.75) is 38.8 Å². The quantitative estimate of drug-likeness (QED) is 0.480. The van der Waals surface area contributed by atoms with Gasteiger partial charge in [-0.05, 0) is 61.4 Å². The molecule has 8 heteroatoms. The molecule has 1 heterocycles.